The molecule has 1 aliphatic heterocycles. The minimum absolute atomic E-state index is 0.0256. The van der Waals surface area contributed by atoms with Crippen molar-refractivity contribution in [1.29, 1.82) is 0 Å². The number of sulfonamides is 1. The normalized spacial score (nSPS) is 20.0. The first kappa shape index (κ1) is 15.3. The minimum atomic E-state index is -3.51. The van der Waals surface area contributed by atoms with E-state index in [0.717, 1.165) is 24.0 Å². The number of anilines is 1. The summed E-state index contributed by atoms with van der Waals surface area (Å²) < 4.78 is 27.4. The van der Waals surface area contributed by atoms with Crippen LogP contribution in [0.15, 0.2) is 17.0 Å². The largest absolute Gasteiger partial charge is 0.398 e. The number of nitrogens with zero attached hydrogens (tertiary/aromatic N) is 1. The summed E-state index contributed by atoms with van der Waals surface area (Å²) in [6, 6.07) is 3.55. The number of nitrogens with two attached hydrogens (primary N) is 1. The van der Waals surface area contributed by atoms with Crippen LogP contribution in [0.25, 0.3) is 0 Å². The highest BCUT2D eigenvalue weighted by atomic mass is 32.2. The van der Waals surface area contributed by atoms with E-state index in [0.29, 0.717) is 18.8 Å². The molecule has 0 bridgehead atoms. The van der Waals surface area contributed by atoms with E-state index in [-0.39, 0.29) is 10.3 Å². The lowest BCUT2D eigenvalue weighted by atomic mass is 9.85. The van der Waals surface area contributed by atoms with Crippen LogP contribution in [-0.2, 0) is 10.0 Å². The van der Waals surface area contributed by atoms with Gasteiger partial charge in [-0.3, -0.25) is 0 Å². The SMILES string of the molecule is Cc1ccc(N)c(S(=O)(=O)N2CCCC(C)(C)C2)c1C. The molecule has 1 aliphatic rings. The maximum Gasteiger partial charge on any atom is 0.245 e. The van der Waals surface area contributed by atoms with E-state index < -0.39 is 10.0 Å². The first-order valence-corrected chi connectivity index (χ1v) is 8.45. The minimum Gasteiger partial charge on any atom is -0.398 e. The number of piperidine rings is 1. The molecule has 112 valence electrons. The Morgan fingerprint density at radius 1 is 1.25 bits per heavy atom. The monoisotopic (exact) mass is 296 g/mol. The van der Waals surface area contributed by atoms with Gasteiger partial charge in [0, 0.05) is 13.1 Å². The third-order valence-corrected chi connectivity index (χ3v) is 6.22. The molecule has 5 heteroatoms. The van der Waals surface area contributed by atoms with E-state index in [4.69, 9.17) is 5.73 Å². The van der Waals surface area contributed by atoms with E-state index in [2.05, 4.69) is 13.8 Å². The summed E-state index contributed by atoms with van der Waals surface area (Å²) in [6.07, 6.45) is 1.96. The number of nitrogen functional groups attached to an aromatic ring is 1. The van der Waals surface area contributed by atoms with E-state index in [1.165, 1.54) is 0 Å². The molecule has 1 aromatic rings. The van der Waals surface area contributed by atoms with Crippen LogP contribution < -0.4 is 5.73 Å². The van der Waals surface area contributed by atoms with Gasteiger partial charge in [0.2, 0.25) is 10.0 Å². The zero-order valence-corrected chi connectivity index (χ0v) is 13.5. The molecule has 2 rings (SSSR count). The highest BCUT2D eigenvalue weighted by molar-refractivity contribution is 7.89. The molecule has 0 aromatic heterocycles. The van der Waals surface area contributed by atoms with Gasteiger partial charge in [0.15, 0.2) is 0 Å². The van der Waals surface area contributed by atoms with Crippen LogP contribution in [0.1, 0.15) is 37.8 Å². The van der Waals surface area contributed by atoms with Gasteiger partial charge in [0.1, 0.15) is 4.90 Å². The lowest BCUT2D eigenvalue weighted by molar-refractivity contribution is 0.187. The summed E-state index contributed by atoms with van der Waals surface area (Å²) in [5.41, 5.74) is 8.02. The summed E-state index contributed by atoms with van der Waals surface area (Å²) in [5, 5.41) is 0. The van der Waals surface area contributed by atoms with Crippen LogP contribution in [0.4, 0.5) is 5.69 Å². The average molecular weight is 296 g/mol. The lowest BCUT2D eigenvalue weighted by Gasteiger charge is -2.37. The van der Waals surface area contributed by atoms with Gasteiger partial charge in [-0.1, -0.05) is 19.9 Å². The van der Waals surface area contributed by atoms with Crippen LogP contribution in [0.5, 0.6) is 0 Å². The Kier molecular flexibility index (Phi) is 3.86. The molecule has 0 spiro atoms. The van der Waals surface area contributed by atoms with E-state index in [9.17, 15) is 8.42 Å². The van der Waals surface area contributed by atoms with Gasteiger partial charge in [-0.15, -0.1) is 0 Å². The first-order valence-electron chi connectivity index (χ1n) is 7.01. The standard InChI is InChI=1S/C15H24N2O2S/c1-11-6-7-13(16)14(12(11)2)20(18,19)17-9-5-8-15(3,4)10-17/h6-7H,5,8-10,16H2,1-4H3. The zero-order valence-electron chi connectivity index (χ0n) is 12.7. The highest BCUT2D eigenvalue weighted by Crippen LogP contribution is 2.34. The van der Waals surface area contributed by atoms with Crippen LogP contribution in [-0.4, -0.2) is 25.8 Å². The number of benzene rings is 1. The molecule has 2 N–H and O–H groups in total. The summed E-state index contributed by atoms with van der Waals surface area (Å²) in [7, 11) is -3.51. The third kappa shape index (κ3) is 2.69. The molecule has 4 nitrogen and oxygen atoms in total. The molecule has 0 unspecified atom stereocenters. The maximum absolute atomic E-state index is 12.9. The molecular formula is C15H24N2O2S. The topological polar surface area (TPSA) is 63.4 Å². The van der Waals surface area contributed by atoms with Crippen molar-refractivity contribution in [3.8, 4) is 0 Å². The number of rotatable bonds is 2. The number of hydrogen-bond acceptors (Lipinski definition) is 3. The van der Waals surface area contributed by atoms with Gasteiger partial charge < -0.3 is 5.73 Å². The Morgan fingerprint density at radius 2 is 1.90 bits per heavy atom. The van der Waals surface area contributed by atoms with Crippen LogP contribution in [0.2, 0.25) is 0 Å². The highest BCUT2D eigenvalue weighted by Gasteiger charge is 2.35. The van der Waals surface area contributed by atoms with Gasteiger partial charge in [0.25, 0.3) is 0 Å². The fourth-order valence-corrected chi connectivity index (χ4v) is 4.92. The second-order valence-corrected chi connectivity index (χ2v) is 8.41. The van der Waals surface area contributed by atoms with Crippen molar-refractivity contribution < 1.29 is 8.42 Å². The second kappa shape index (κ2) is 5.04. The Morgan fingerprint density at radius 3 is 2.50 bits per heavy atom. The summed E-state index contributed by atoms with van der Waals surface area (Å²) in [6.45, 7) is 9.10. The molecule has 0 aliphatic carbocycles. The molecule has 0 atom stereocenters. The van der Waals surface area contributed by atoms with Crippen molar-refractivity contribution in [1.82, 2.24) is 4.31 Å². The number of aryl methyl sites for hydroxylation is 1. The summed E-state index contributed by atoms with van der Waals surface area (Å²) >= 11 is 0. The van der Waals surface area contributed by atoms with Crippen molar-refractivity contribution in [2.24, 2.45) is 5.41 Å². The van der Waals surface area contributed by atoms with Crippen molar-refractivity contribution in [3.05, 3.63) is 23.3 Å². The van der Waals surface area contributed by atoms with E-state index in [1.807, 2.05) is 19.9 Å². The average Bonchev–Trinajstić information content (AvgIpc) is 2.33. The van der Waals surface area contributed by atoms with E-state index in [1.54, 1.807) is 10.4 Å². The third-order valence-electron chi connectivity index (χ3n) is 4.17. The summed E-state index contributed by atoms with van der Waals surface area (Å²) in [5.74, 6) is 0. The van der Waals surface area contributed by atoms with E-state index >= 15 is 0 Å². The Hall–Kier alpha value is -1.07. The Labute approximate surface area is 122 Å². The van der Waals surface area contributed by atoms with Crippen LogP contribution in [0, 0.1) is 19.3 Å². The molecule has 1 heterocycles. The molecule has 1 aromatic carbocycles. The molecule has 0 amide bonds. The van der Waals surface area contributed by atoms with Crippen molar-refractivity contribution in [3.63, 3.8) is 0 Å². The maximum atomic E-state index is 12.9. The second-order valence-electron chi connectivity index (χ2n) is 6.53. The van der Waals surface area contributed by atoms with Crippen LogP contribution in [0.3, 0.4) is 0 Å². The smallest absolute Gasteiger partial charge is 0.245 e. The molecule has 1 fully saturated rings. The van der Waals surface area contributed by atoms with Gasteiger partial charge in [-0.2, -0.15) is 4.31 Å². The quantitative estimate of drug-likeness (QED) is 0.853. The molecule has 0 radical (unpaired) electrons. The molecule has 20 heavy (non-hydrogen) atoms. The Bertz CT molecular complexity index is 621. The zero-order chi connectivity index (χ0) is 15.1. The Balaban J connectivity index is 2.49. The van der Waals surface area contributed by atoms with Gasteiger partial charge in [0.05, 0.1) is 5.69 Å². The van der Waals surface area contributed by atoms with Gasteiger partial charge in [-0.25, -0.2) is 8.42 Å². The van der Waals surface area contributed by atoms with Gasteiger partial charge in [-0.05, 0) is 49.3 Å². The fourth-order valence-electron chi connectivity index (χ4n) is 2.86. The lowest BCUT2D eigenvalue weighted by Crippen LogP contribution is -2.43. The predicted octanol–water partition coefficient (Wildman–Crippen LogP) is 2.70. The molecule has 1 saturated heterocycles. The fraction of sp³-hybridized carbons (Fsp3) is 0.600. The van der Waals surface area contributed by atoms with Crippen molar-refractivity contribution in [2.45, 2.75) is 45.4 Å². The molecule has 0 saturated carbocycles. The van der Waals surface area contributed by atoms with Crippen molar-refractivity contribution >= 4 is 15.7 Å². The van der Waals surface area contributed by atoms with Gasteiger partial charge >= 0.3 is 0 Å². The van der Waals surface area contributed by atoms with Crippen LogP contribution >= 0.6 is 0 Å². The number of hydrogen-bond donors (Lipinski definition) is 1. The van der Waals surface area contributed by atoms with Crippen molar-refractivity contribution in [2.75, 3.05) is 18.8 Å². The molecular weight excluding hydrogens is 272 g/mol. The predicted molar refractivity (Wildman–Crippen MR) is 82.1 cm³/mol. The summed E-state index contributed by atoms with van der Waals surface area (Å²) in [4.78, 5) is 0.287. The first-order chi connectivity index (χ1) is 9.15.